The number of ketones is 1. The van der Waals surface area contributed by atoms with E-state index in [9.17, 15) is 4.79 Å². The molecule has 0 aliphatic heterocycles. The first-order valence-corrected chi connectivity index (χ1v) is 4.90. The van der Waals surface area contributed by atoms with E-state index in [0.29, 0.717) is 12.0 Å². The molecule has 1 aromatic heterocycles. The number of nitrogens with one attached hydrogen (secondary N) is 1. The number of aromatic nitrogens is 1. The molecule has 1 atom stereocenters. The van der Waals surface area contributed by atoms with Crippen LogP contribution in [-0.2, 0) is 0 Å². The van der Waals surface area contributed by atoms with Crippen LogP contribution < -0.4 is 5.32 Å². The zero-order valence-electron chi connectivity index (χ0n) is 8.66. The van der Waals surface area contributed by atoms with Crippen molar-refractivity contribution in [2.24, 2.45) is 0 Å². The zero-order chi connectivity index (χ0) is 10.4. The number of hydrogen-bond acceptors (Lipinski definition) is 3. The van der Waals surface area contributed by atoms with Gasteiger partial charge in [-0.25, -0.2) is 0 Å². The maximum absolute atomic E-state index is 11.6. The summed E-state index contributed by atoms with van der Waals surface area (Å²) in [5.74, 6) is 0.145. The predicted octanol–water partition coefficient (Wildman–Crippen LogP) is 1.65. The van der Waals surface area contributed by atoms with Crippen molar-refractivity contribution in [1.29, 1.82) is 0 Å². The van der Waals surface area contributed by atoms with Gasteiger partial charge < -0.3 is 5.32 Å². The highest BCUT2D eigenvalue weighted by Gasteiger charge is 2.09. The van der Waals surface area contributed by atoms with Crippen LogP contribution in [0.15, 0.2) is 24.5 Å². The third-order valence-electron chi connectivity index (χ3n) is 2.03. The van der Waals surface area contributed by atoms with Crippen molar-refractivity contribution in [3.63, 3.8) is 0 Å². The molecule has 1 aromatic rings. The van der Waals surface area contributed by atoms with Gasteiger partial charge >= 0.3 is 0 Å². The molecule has 0 amide bonds. The molecule has 1 rings (SSSR count). The Bertz CT molecular complexity index is 285. The Morgan fingerprint density at radius 2 is 2.43 bits per heavy atom. The van der Waals surface area contributed by atoms with E-state index < -0.39 is 0 Å². The van der Waals surface area contributed by atoms with Crippen LogP contribution in [0.1, 0.15) is 30.6 Å². The van der Waals surface area contributed by atoms with E-state index in [2.05, 4.69) is 10.3 Å². The Kier molecular flexibility index (Phi) is 4.26. The van der Waals surface area contributed by atoms with Crippen LogP contribution in [0.4, 0.5) is 0 Å². The van der Waals surface area contributed by atoms with E-state index in [1.807, 2.05) is 13.8 Å². The van der Waals surface area contributed by atoms with Crippen molar-refractivity contribution in [1.82, 2.24) is 10.3 Å². The van der Waals surface area contributed by atoms with Gasteiger partial charge in [0.15, 0.2) is 5.78 Å². The fraction of sp³-hybridized carbons (Fsp3) is 0.455. The van der Waals surface area contributed by atoms with Gasteiger partial charge in [0, 0.05) is 30.4 Å². The van der Waals surface area contributed by atoms with Crippen molar-refractivity contribution in [3.05, 3.63) is 30.1 Å². The normalized spacial score (nSPS) is 12.4. The molecule has 14 heavy (non-hydrogen) atoms. The van der Waals surface area contributed by atoms with Crippen LogP contribution in [0.5, 0.6) is 0 Å². The van der Waals surface area contributed by atoms with Crippen molar-refractivity contribution in [2.75, 3.05) is 6.54 Å². The molecule has 1 heterocycles. The van der Waals surface area contributed by atoms with Gasteiger partial charge in [0.25, 0.3) is 0 Å². The summed E-state index contributed by atoms with van der Waals surface area (Å²) in [6.07, 6.45) is 3.81. The number of carbonyl (C=O) groups is 1. The van der Waals surface area contributed by atoms with Crippen LogP contribution in [0.25, 0.3) is 0 Å². The minimum Gasteiger partial charge on any atom is -0.314 e. The Morgan fingerprint density at radius 1 is 1.64 bits per heavy atom. The highest BCUT2D eigenvalue weighted by Crippen LogP contribution is 2.03. The van der Waals surface area contributed by atoms with Crippen molar-refractivity contribution >= 4 is 5.78 Å². The number of Topliss-reactive ketones (excluding diaryl/α,β-unsaturated/α-hetero) is 1. The zero-order valence-corrected chi connectivity index (χ0v) is 8.66. The fourth-order valence-electron chi connectivity index (χ4n) is 1.34. The third kappa shape index (κ3) is 3.26. The molecule has 0 saturated carbocycles. The second kappa shape index (κ2) is 5.50. The van der Waals surface area contributed by atoms with E-state index >= 15 is 0 Å². The first-order valence-electron chi connectivity index (χ1n) is 4.90. The van der Waals surface area contributed by atoms with Crippen molar-refractivity contribution in [3.8, 4) is 0 Å². The Hall–Kier alpha value is -1.22. The molecular weight excluding hydrogens is 176 g/mol. The van der Waals surface area contributed by atoms with E-state index in [4.69, 9.17) is 0 Å². The Labute approximate surface area is 84.6 Å². The summed E-state index contributed by atoms with van der Waals surface area (Å²) in [5, 5.41) is 3.20. The topological polar surface area (TPSA) is 42.0 Å². The summed E-state index contributed by atoms with van der Waals surface area (Å²) < 4.78 is 0. The van der Waals surface area contributed by atoms with E-state index in [0.717, 1.165) is 6.54 Å². The van der Waals surface area contributed by atoms with Gasteiger partial charge in [0.05, 0.1) is 0 Å². The quantitative estimate of drug-likeness (QED) is 0.721. The van der Waals surface area contributed by atoms with E-state index in [1.54, 1.807) is 24.5 Å². The lowest BCUT2D eigenvalue weighted by molar-refractivity contribution is 0.0971. The molecule has 0 fully saturated rings. The molecule has 1 unspecified atom stereocenters. The smallest absolute Gasteiger partial charge is 0.165 e. The van der Waals surface area contributed by atoms with Crippen LogP contribution >= 0.6 is 0 Å². The molecular formula is C11H16N2O. The first kappa shape index (κ1) is 10.9. The van der Waals surface area contributed by atoms with Gasteiger partial charge in [0.2, 0.25) is 0 Å². The van der Waals surface area contributed by atoms with E-state index in [1.165, 1.54) is 0 Å². The van der Waals surface area contributed by atoms with Crippen LogP contribution in [0.3, 0.4) is 0 Å². The van der Waals surface area contributed by atoms with Crippen LogP contribution in [0, 0.1) is 0 Å². The highest BCUT2D eigenvalue weighted by molar-refractivity contribution is 5.96. The summed E-state index contributed by atoms with van der Waals surface area (Å²) in [6.45, 7) is 4.93. The van der Waals surface area contributed by atoms with Crippen LogP contribution in [0.2, 0.25) is 0 Å². The van der Waals surface area contributed by atoms with E-state index in [-0.39, 0.29) is 11.8 Å². The SMILES string of the molecule is CCNC(C)CC(=O)c1cccnc1. The average Bonchev–Trinajstić information content (AvgIpc) is 2.19. The summed E-state index contributed by atoms with van der Waals surface area (Å²) in [7, 11) is 0. The van der Waals surface area contributed by atoms with Gasteiger partial charge in [0.1, 0.15) is 0 Å². The molecule has 3 nitrogen and oxygen atoms in total. The van der Waals surface area contributed by atoms with Gasteiger partial charge in [-0.15, -0.1) is 0 Å². The van der Waals surface area contributed by atoms with Crippen LogP contribution in [-0.4, -0.2) is 23.4 Å². The summed E-state index contributed by atoms with van der Waals surface area (Å²) >= 11 is 0. The molecule has 0 aliphatic rings. The van der Waals surface area contributed by atoms with Crippen molar-refractivity contribution in [2.45, 2.75) is 26.3 Å². The minimum atomic E-state index is 0.145. The molecule has 0 bridgehead atoms. The molecule has 76 valence electrons. The van der Waals surface area contributed by atoms with Gasteiger partial charge in [-0.2, -0.15) is 0 Å². The highest BCUT2D eigenvalue weighted by atomic mass is 16.1. The maximum Gasteiger partial charge on any atom is 0.165 e. The standard InChI is InChI=1S/C11H16N2O/c1-3-13-9(2)7-11(14)10-5-4-6-12-8-10/h4-6,8-9,13H,3,7H2,1-2H3. The fourth-order valence-corrected chi connectivity index (χ4v) is 1.34. The number of rotatable bonds is 5. The second-order valence-corrected chi connectivity index (χ2v) is 3.33. The number of pyridine rings is 1. The summed E-state index contributed by atoms with van der Waals surface area (Å²) in [5.41, 5.74) is 0.692. The lowest BCUT2D eigenvalue weighted by atomic mass is 10.1. The summed E-state index contributed by atoms with van der Waals surface area (Å²) in [4.78, 5) is 15.6. The monoisotopic (exact) mass is 192 g/mol. The predicted molar refractivity (Wildman–Crippen MR) is 56.3 cm³/mol. The van der Waals surface area contributed by atoms with Gasteiger partial charge in [-0.1, -0.05) is 6.92 Å². The Morgan fingerprint density at radius 3 is 3.00 bits per heavy atom. The number of carbonyl (C=O) groups excluding carboxylic acids is 1. The first-order chi connectivity index (χ1) is 6.74. The van der Waals surface area contributed by atoms with Gasteiger partial charge in [-0.3, -0.25) is 9.78 Å². The second-order valence-electron chi connectivity index (χ2n) is 3.33. The molecule has 0 aromatic carbocycles. The van der Waals surface area contributed by atoms with Gasteiger partial charge in [-0.05, 0) is 25.6 Å². The molecule has 0 spiro atoms. The largest absolute Gasteiger partial charge is 0.314 e. The maximum atomic E-state index is 11.6. The number of nitrogens with zero attached hydrogens (tertiary/aromatic N) is 1. The van der Waals surface area contributed by atoms with Crippen molar-refractivity contribution < 1.29 is 4.79 Å². The molecule has 1 N–H and O–H groups in total. The number of hydrogen-bond donors (Lipinski definition) is 1. The average molecular weight is 192 g/mol. The molecule has 0 saturated heterocycles. The molecule has 3 heteroatoms. The third-order valence-corrected chi connectivity index (χ3v) is 2.03. The lowest BCUT2D eigenvalue weighted by Gasteiger charge is -2.10. The Balaban J connectivity index is 2.51. The molecule has 0 aliphatic carbocycles. The summed E-state index contributed by atoms with van der Waals surface area (Å²) in [6, 6.07) is 3.81. The lowest BCUT2D eigenvalue weighted by Crippen LogP contribution is -2.28. The molecule has 0 radical (unpaired) electrons. The minimum absolute atomic E-state index is 0.145.